The highest BCUT2D eigenvalue weighted by Gasteiger charge is 2.11. The second kappa shape index (κ2) is 5.98. The number of rotatable bonds is 6. The molecule has 0 spiro atoms. The van der Waals surface area contributed by atoms with E-state index in [9.17, 15) is 5.11 Å². The molecule has 0 amide bonds. The predicted octanol–water partition coefficient (Wildman–Crippen LogP) is 2.05. The van der Waals surface area contributed by atoms with Crippen LogP contribution in [0.25, 0.3) is 0 Å². The van der Waals surface area contributed by atoms with Gasteiger partial charge < -0.3 is 15.6 Å². The van der Waals surface area contributed by atoms with Gasteiger partial charge in [-0.3, -0.25) is 0 Å². The molecule has 17 heavy (non-hydrogen) atoms. The minimum Gasteiger partial charge on any atom is -0.493 e. The van der Waals surface area contributed by atoms with Crippen LogP contribution in [-0.4, -0.2) is 22.3 Å². The highest BCUT2D eigenvalue weighted by atomic mass is 32.1. The maximum Gasteiger partial charge on any atom is 0.119 e. The molecule has 3 nitrogen and oxygen atoms in total. The molecule has 0 aliphatic carbocycles. The zero-order valence-electron chi connectivity index (χ0n) is 10.3. The van der Waals surface area contributed by atoms with Crippen LogP contribution in [0.15, 0.2) is 24.3 Å². The van der Waals surface area contributed by atoms with Gasteiger partial charge in [-0.1, -0.05) is 24.4 Å². The summed E-state index contributed by atoms with van der Waals surface area (Å²) in [6.07, 6.45) is 1.21. The van der Waals surface area contributed by atoms with Gasteiger partial charge >= 0.3 is 0 Å². The maximum absolute atomic E-state index is 9.53. The molecule has 0 radical (unpaired) electrons. The Labute approximate surface area is 108 Å². The Hall–Kier alpha value is -1.13. The Morgan fingerprint density at radius 1 is 1.35 bits per heavy atom. The van der Waals surface area contributed by atoms with Crippen LogP contribution < -0.4 is 10.5 Å². The first-order valence-corrected chi connectivity index (χ1v) is 6.00. The second-order valence-electron chi connectivity index (χ2n) is 4.70. The highest BCUT2D eigenvalue weighted by Crippen LogP contribution is 2.14. The van der Waals surface area contributed by atoms with Gasteiger partial charge in [-0.2, -0.15) is 0 Å². The lowest BCUT2D eigenvalue weighted by molar-refractivity contribution is 0.0553. The van der Waals surface area contributed by atoms with E-state index in [2.05, 4.69) is 0 Å². The summed E-state index contributed by atoms with van der Waals surface area (Å²) in [7, 11) is 0. The van der Waals surface area contributed by atoms with Gasteiger partial charge in [-0.05, 0) is 31.5 Å². The van der Waals surface area contributed by atoms with E-state index in [1.54, 1.807) is 13.8 Å². The third kappa shape index (κ3) is 6.24. The summed E-state index contributed by atoms with van der Waals surface area (Å²) in [5, 5.41) is 9.53. The quantitative estimate of drug-likeness (QED) is 0.762. The van der Waals surface area contributed by atoms with Crippen LogP contribution in [0.2, 0.25) is 0 Å². The molecular formula is C13H19NO2S. The predicted molar refractivity (Wildman–Crippen MR) is 73.3 cm³/mol. The molecule has 0 fully saturated rings. The summed E-state index contributed by atoms with van der Waals surface area (Å²) in [5.41, 5.74) is 5.85. The third-order valence-corrected chi connectivity index (χ3v) is 2.43. The van der Waals surface area contributed by atoms with Gasteiger partial charge in [0.2, 0.25) is 0 Å². The number of ether oxygens (including phenoxy) is 1. The lowest BCUT2D eigenvalue weighted by Crippen LogP contribution is -2.21. The number of thiocarbonyl (C=S) groups is 1. The van der Waals surface area contributed by atoms with E-state index in [4.69, 9.17) is 22.7 Å². The molecule has 3 N–H and O–H groups in total. The molecule has 0 saturated heterocycles. The number of hydrogen-bond donors (Lipinski definition) is 2. The van der Waals surface area contributed by atoms with Crippen molar-refractivity contribution < 1.29 is 9.84 Å². The lowest BCUT2D eigenvalue weighted by Gasteiger charge is -2.17. The van der Waals surface area contributed by atoms with Gasteiger partial charge in [-0.25, -0.2) is 0 Å². The molecule has 0 aliphatic rings. The second-order valence-corrected chi connectivity index (χ2v) is 5.22. The minimum absolute atomic E-state index is 0.487. The molecule has 0 aliphatic heterocycles. The molecule has 1 rings (SSSR count). The van der Waals surface area contributed by atoms with Crippen LogP contribution in [0, 0.1) is 0 Å². The van der Waals surface area contributed by atoms with E-state index in [1.165, 1.54) is 0 Å². The zero-order chi connectivity index (χ0) is 12.9. The normalized spacial score (nSPS) is 11.2. The molecular weight excluding hydrogens is 234 g/mol. The number of benzene rings is 1. The van der Waals surface area contributed by atoms with Crippen LogP contribution in [0.1, 0.15) is 25.8 Å². The van der Waals surface area contributed by atoms with Crippen molar-refractivity contribution >= 4 is 17.2 Å². The monoisotopic (exact) mass is 253 g/mol. The fourth-order valence-corrected chi connectivity index (χ4v) is 1.49. The van der Waals surface area contributed by atoms with Crippen LogP contribution in [0.4, 0.5) is 0 Å². The molecule has 4 heteroatoms. The first-order chi connectivity index (χ1) is 7.87. The molecule has 0 aromatic heterocycles. The van der Waals surface area contributed by atoms with Crippen molar-refractivity contribution in [2.45, 2.75) is 32.3 Å². The molecule has 0 heterocycles. The first kappa shape index (κ1) is 13.9. The largest absolute Gasteiger partial charge is 0.493 e. The van der Waals surface area contributed by atoms with E-state index in [0.717, 1.165) is 11.3 Å². The van der Waals surface area contributed by atoms with Crippen molar-refractivity contribution in [2.24, 2.45) is 5.73 Å². The van der Waals surface area contributed by atoms with Crippen molar-refractivity contribution in [1.82, 2.24) is 0 Å². The molecule has 0 unspecified atom stereocenters. The summed E-state index contributed by atoms with van der Waals surface area (Å²) < 4.78 is 5.52. The van der Waals surface area contributed by atoms with Gasteiger partial charge in [0, 0.05) is 12.8 Å². The average molecular weight is 253 g/mol. The molecule has 94 valence electrons. The average Bonchev–Trinajstić information content (AvgIpc) is 2.18. The Bertz CT molecular complexity index is 368. The number of nitrogens with two attached hydrogens (primary N) is 1. The van der Waals surface area contributed by atoms with Gasteiger partial charge in [0.1, 0.15) is 5.75 Å². The van der Waals surface area contributed by atoms with Crippen molar-refractivity contribution in [2.75, 3.05) is 6.61 Å². The summed E-state index contributed by atoms with van der Waals surface area (Å²) in [5.74, 6) is 0.793. The van der Waals surface area contributed by atoms with Gasteiger partial charge in [-0.15, -0.1) is 0 Å². The van der Waals surface area contributed by atoms with Crippen molar-refractivity contribution in [3.05, 3.63) is 29.8 Å². The van der Waals surface area contributed by atoms with Crippen LogP contribution in [-0.2, 0) is 6.42 Å². The fraction of sp³-hybridized carbons (Fsp3) is 0.462. The summed E-state index contributed by atoms with van der Waals surface area (Å²) in [4.78, 5) is 0.487. The Morgan fingerprint density at radius 3 is 2.41 bits per heavy atom. The zero-order valence-corrected chi connectivity index (χ0v) is 11.1. The van der Waals surface area contributed by atoms with Gasteiger partial charge in [0.25, 0.3) is 0 Å². The summed E-state index contributed by atoms with van der Waals surface area (Å²) >= 11 is 4.84. The summed E-state index contributed by atoms with van der Waals surface area (Å²) in [6.45, 7) is 4.03. The van der Waals surface area contributed by atoms with Crippen molar-refractivity contribution in [3.8, 4) is 5.75 Å². The number of aliphatic hydroxyl groups is 1. The van der Waals surface area contributed by atoms with Crippen LogP contribution in [0.5, 0.6) is 5.75 Å². The maximum atomic E-state index is 9.53. The highest BCUT2D eigenvalue weighted by molar-refractivity contribution is 7.80. The molecule has 0 saturated carbocycles. The lowest BCUT2D eigenvalue weighted by atomic mass is 10.1. The molecule has 0 bridgehead atoms. The van der Waals surface area contributed by atoms with E-state index in [0.29, 0.717) is 24.4 Å². The Kier molecular flexibility index (Phi) is 4.90. The Balaban J connectivity index is 2.43. The topological polar surface area (TPSA) is 55.5 Å². The van der Waals surface area contributed by atoms with Gasteiger partial charge in [0.15, 0.2) is 0 Å². The molecule has 1 aromatic rings. The van der Waals surface area contributed by atoms with E-state index >= 15 is 0 Å². The first-order valence-electron chi connectivity index (χ1n) is 5.59. The van der Waals surface area contributed by atoms with Crippen molar-refractivity contribution in [3.63, 3.8) is 0 Å². The SMILES string of the molecule is CC(C)(O)CCOc1ccc(CC(N)=S)cc1. The Morgan fingerprint density at radius 2 is 1.94 bits per heavy atom. The standard InChI is InChI=1S/C13H19NO2S/c1-13(2,15)7-8-16-11-5-3-10(4-6-11)9-12(14)17/h3-6,15H,7-9H2,1-2H3,(H2,14,17). The van der Waals surface area contributed by atoms with Crippen LogP contribution >= 0.6 is 12.2 Å². The number of hydrogen-bond acceptors (Lipinski definition) is 3. The fourth-order valence-electron chi connectivity index (χ4n) is 1.32. The van der Waals surface area contributed by atoms with Crippen LogP contribution in [0.3, 0.4) is 0 Å². The van der Waals surface area contributed by atoms with E-state index in [-0.39, 0.29) is 0 Å². The van der Waals surface area contributed by atoms with Gasteiger partial charge in [0.05, 0.1) is 17.2 Å². The minimum atomic E-state index is -0.689. The van der Waals surface area contributed by atoms with E-state index in [1.807, 2.05) is 24.3 Å². The smallest absolute Gasteiger partial charge is 0.119 e. The third-order valence-electron chi connectivity index (χ3n) is 2.28. The van der Waals surface area contributed by atoms with Crippen molar-refractivity contribution in [1.29, 1.82) is 0 Å². The molecule has 0 atom stereocenters. The summed E-state index contributed by atoms with van der Waals surface area (Å²) in [6, 6.07) is 7.66. The van der Waals surface area contributed by atoms with E-state index < -0.39 is 5.60 Å². The molecule has 1 aromatic carbocycles.